The Morgan fingerprint density at radius 2 is 2.12 bits per heavy atom. The van der Waals surface area contributed by atoms with Crippen LogP contribution in [0.3, 0.4) is 0 Å². The van der Waals surface area contributed by atoms with Crippen LogP contribution in [-0.2, 0) is 6.42 Å². The number of benzene rings is 1. The first kappa shape index (κ1) is 14.0. The Bertz CT molecular complexity index is 354. The highest BCUT2D eigenvalue weighted by Crippen LogP contribution is 2.22. The van der Waals surface area contributed by atoms with Gasteiger partial charge in [0.1, 0.15) is 0 Å². The molecule has 0 heterocycles. The lowest BCUT2D eigenvalue weighted by molar-refractivity contribution is 0.381. The molecular weight excluding hydrogens is 217 g/mol. The van der Waals surface area contributed by atoms with E-state index >= 15 is 0 Å². The SMILES string of the molecule is CCC(C)CC(N)Cc1cccc(OC)c1F. The van der Waals surface area contributed by atoms with Crippen LogP contribution < -0.4 is 10.5 Å². The van der Waals surface area contributed by atoms with Gasteiger partial charge in [0.05, 0.1) is 7.11 Å². The van der Waals surface area contributed by atoms with Crippen LogP contribution in [0.1, 0.15) is 32.3 Å². The third-order valence-corrected chi connectivity index (χ3v) is 3.15. The summed E-state index contributed by atoms with van der Waals surface area (Å²) in [4.78, 5) is 0. The van der Waals surface area contributed by atoms with E-state index in [-0.39, 0.29) is 11.9 Å². The number of halogens is 1. The zero-order chi connectivity index (χ0) is 12.8. The number of hydrogen-bond acceptors (Lipinski definition) is 2. The van der Waals surface area contributed by atoms with E-state index in [0.717, 1.165) is 12.8 Å². The predicted molar refractivity (Wildman–Crippen MR) is 68.7 cm³/mol. The van der Waals surface area contributed by atoms with E-state index in [4.69, 9.17) is 10.5 Å². The summed E-state index contributed by atoms with van der Waals surface area (Å²) in [6, 6.07) is 5.20. The molecule has 3 heteroatoms. The average Bonchev–Trinajstić information content (AvgIpc) is 2.31. The van der Waals surface area contributed by atoms with Gasteiger partial charge in [-0.05, 0) is 30.4 Å². The van der Waals surface area contributed by atoms with Gasteiger partial charge in [0, 0.05) is 6.04 Å². The lowest BCUT2D eigenvalue weighted by Crippen LogP contribution is -2.25. The predicted octanol–water partition coefficient (Wildman–Crippen LogP) is 3.14. The molecular formula is C14H22FNO. The largest absolute Gasteiger partial charge is 0.494 e. The minimum absolute atomic E-state index is 0.00607. The molecule has 17 heavy (non-hydrogen) atoms. The molecule has 0 aromatic heterocycles. The monoisotopic (exact) mass is 239 g/mol. The Kier molecular flexibility index (Phi) is 5.42. The third kappa shape index (κ3) is 4.00. The lowest BCUT2D eigenvalue weighted by atomic mass is 9.95. The van der Waals surface area contributed by atoms with Crippen molar-refractivity contribution in [2.24, 2.45) is 11.7 Å². The second kappa shape index (κ2) is 6.60. The van der Waals surface area contributed by atoms with Crippen LogP contribution >= 0.6 is 0 Å². The summed E-state index contributed by atoms with van der Waals surface area (Å²) in [5.41, 5.74) is 6.67. The van der Waals surface area contributed by atoms with Crippen LogP contribution in [0.4, 0.5) is 4.39 Å². The summed E-state index contributed by atoms with van der Waals surface area (Å²) in [6.45, 7) is 4.31. The van der Waals surface area contributed by atoms with Gasteiger partial charge in [-0.3, -0.25) is 0 Å². The van der Waals surface area contributed by atoms with E-state index < -0.39 is 0 Å². The van der Waals surface area contributed by atoms with Gasteiger partial charge in [-0.25, -0.2) is 4.39 Å². The molecule has 0 aliphatic rings. The Balaban J connectivity index is 2.68. The van der Waals surface area contributed by atoms with E-state index in [1.807, 2.05) is 0 Å². The summed E-state index contributed by atoms with van der Waals surface area (Å²) in [5, 5.41) is 0. The van der Waals surface area contributed by atoms with Crippen molar-refractivity contribution in [3.8, 4) is 5.75 Å². The molecule has 2 N–H and O–H groups in total. The fourth-order valence-electron chi connectivity index (χ4n) is 1.92. The molecule has 0 fully saturated rings. The number of methoxy groups -OCH3 is 1. The van der Waals surface area contributed by atoms with E-state index in [1.54, 1.807) is 18.2 Å². The normalized spacial score (nSPS) is 14.4. The molecule has 96 valence electrons. The van der Waals surface area contributed by atoms with Gasteiger partial charge < -0.3 is 10.5 Å². The molecule has 0 saturated carbocycles. The minimum atomic E-state index is -0.283. The maximum Gasteiger partial charge on any atom is 0.168 e. The fraction of sp³-hybridized carbons (Fsp3) is 0.571. The van der Waals surface area contributed by atoms with Crippen molar-refractivity contribution in [1.29, 1.82) is 0 Å². The molecule has 2 unspecified atom stereocenters. The molecule has 2 atom stereocenters. The maximum absolute atomic E-state index is 13.9. The van der Waals surface area contributed by atoms with Crippen LogP contribution in [0.5, 0.6) is 5.75 Å². The number of ether oxygens (including phenoxy) is 1. The molecule has 0 bridgehead atoms. The Hall–Kier alpha value is -1.09. The van der Waals surface area contributed by atoms with Crippen LogP contribution in [-0.4, -0.2) is 13.2 Å². The van der Waals surface area contributed by atoms with E-state index in [1.165, 1.54) is 7.11 Å². The third-order valence-electron chi connectivity index (χ3n) is 3.15. The molecule has 1 aromatic rings. The highest BCUT2D eigenvalue weighted by molar-refractivity contribution is 5.31. The van der Waals surface area contributed by atoms with Crippen molar-refractivity contribution in [3.63, 3.8) is 0 Å². The lowest BCUT2D eigenvalue weighted by Gasteiger charge is -2.16. The van der Waals surface area contributed by atoms with Crippen molar-refractivity contribution >= 4 is 0 Å². The maximum atomic E-state index is 13.9. The summed E-state index contributed by atoms with van der Waals surface area (Å²) < 4.78 is 18.8. The zero-order valence-electron chi connectivity index (χ0n) is 10.9. The Labute approximate surface area is 103 Å². The molecule has 1 rings (SSSR count). The van der Waals surface area contributed by atoms with Gasteiger partial charge in [-0.15, -0.1) is 0 Å². The standard InChI is InChI=1S/C14H22FNO/c1-4-10(2)8-12(16)9-11-6-5-7-13(17-3)14(11)15/h5-7,10,12H,4,8-9,16H2,1-3H3. The molecule has 1 aromatic carbocycles. The smallest absolute Gasteiger partial charge is 0.168 e. The summed E-state index contributed by atoms with van der Waals surface area (Å²) in [6.07, 6.45) is 2.59. The topological polar surface area (TPSA) is 35.2 Å². The van der Waals surface area contributed by atoms with Crippen LogP contribution in [0, 0.1) is 11.7 Å². The zero-order valence-corrected chi connectivity index (χ0v) is 10.9. The van der Waals surface area contributed by atoms with Crippen LogP contribution in [0.2, 0.25) is 0 Å². The van der Waals surface area contributed by atoms with Gasteiger partial charge in [-0.1, -0.05) is 32.4 Å². The number of nitrogens with two attached hydrogens (primary N) is 1. The van der Waals surface area contributed by atoms with Crippen molar-refractivity contribution in [2.75, 3.05) is 7.11 Å². The first-order valence-electron chi connectivity index (χ1n) is 6.15. The summed E-state index contributed by atoms with van der Waals surface area (Å²) in [7, 11) is 1.47. The van der Waals surface area contributed by atoms with E-state index in [2.05, 4.69) is 13.8 Å². The fourth-order valence-corrected chi connectivity index (χ4v) is 1.92. The van der Waals surface area contributed by atoms with Crippen molar-refractivity contribution in [3.05, 3.63) is 29.6 Å². The highest BCUT2D eigenvalue weighted by atomic mass is 19.1. The molecule has 0 aliphatic heterocycles. The van der Waals surface area contributed by atoms with Crippen LogP contribution in [0.15, 0.2) is 18.2 Å². The average molecular weight is 239 g/mol. The van der Waals surface area contributed by atoms with Gasteiger partial charge in [0.2, 0.25) is 0 Å². The molecule has 0 saturated heterocycles. The van der Waals surface area contributed by atoms with Gasteiger partial charge in [0.25, 0.3) is 0 Å². The first-order chi connectivity index (χ1) is 8.08. The van der Waals surface area contributed by atoms with Gasteiger partial charge in [-0.2, -0.15) is 0 Å². The quantitative estimate of drug-likeness (QED) is 0.827. The molecule has 2 nitrogen and oxygen atoms in total. The number of hydrogen-bond donors (Lipinski definition) is 1. The highest BCUT2D eigenvalue weighted by Gasteiger charge is 2.13. The van der Waals surface area contributed by atoms with Gasteiger partial charge >= 0.3 is 0 Å². The minimum Gasteiger partial charge on any atom is -0.494 e. The summed E-state index contributed by atoms with van der Waals surface area (Å²) >= 11 is 0. The first-order valence-corrected chi connectivity index (χ1v) is 6.15. The van der Waals surface area contributed by atoms with E-state index in [0.29, 0.717) is 23.7 Å². The molecule has 0 radical (unpaired) electrons. The molecule has 0 amide bonds. The Morgan fingerprint density at radius 1 is 1.41 bits per heavy atom. The molecule has 0 aliphatic carbocycles. The van der Waals surface area contributed by atoms with Gasteiger partial charge in [0.15, 0.2) is 11.6 Å². The number of rotatable bonds is 6. The second-order valence-electron chi connectivity index (χ2n) is 4.65. The summed E-state index contributed by atoms with van der Waals surface area (Å²) in [5.74, 6) is 0.589. The van der Waals surface area contributed by atoms with Crippen molar-refractivity contribution < 1.29 is 9.13 Å². The van der Waals surface area contributed by atoms with Crippen molar-refractivity contribution in [1.82, 2.24) is 0 Å². The Morgan fingerprint density at radius 3 is 2.71 bits per heavy atom. The van der Waals surface area contributed by atoms with Crippen LogP contribution in [0.25, 0.3) is 0 Å². The van der Waals surface area contributed by atoms with E-state index in [9.17, 15) is 4.39 Å². The molecule has 0 spiro atoms. The second-order valence-corrected chi connectivity index (χ2v) is 4.65. The van der Waals surface area contributed by atoms with Crippen molar-refractivity contribution in [2.45, 2.75) is 39.2 Å².